The van der Waals surface area contributed by atoms with E-state index in [0.717, 1.165) is 0 Å². The lowest BCUT2D eigenvalue weighted by Gasteiger charge is -2.19. The highest BCUT2D eigenvalue weighted by molar-refractivity contribution is 5.87. The number of aliphatic carboxylic acids is 1. The molecule has 3 N–H and O–H groups in total. The Morgan fingerprint density at radius 2 is 2.24 bits per heavy atom. The number of rotatable bonds is 8. The summed E-state index contributed by atoms with van der Waals surface area (Å²) < 4.78 is 10.7. The molecule has 1 aliphatic rings. The monoisotopic (exact) mass is 294 g/mol. The highest BCUT2D eigenvalue weighted by Gasteiger charge is 2.36. The van der Waals surface area contributed by atoms with Crippen LogP contribution in [0.4, 0.5) is 0 Å². The zero-order valence-electron chi connectivity index (χ0n) is 11.5. The summed E-state index contributed by atoms with van der Waals surface area (Å²) in [6.07, 6.45) is -1.43. The number of nitrogens with zero attached hydrogens (tertiary/aromatic N) is 1. The molecule has 0 spiro atoms. The van der Waals surface area contributed by atoms with Crippen LogP contribution in [-0.4, -0.2) is 48.8 Å². The van der Waals surface area contributed by atoms with Gasteiger partial charge in [0.05, 0.1) is 18.9 Å². The second kappa shape index (κ2) is 7.61. The maximum atomic E-state index is 11.4. The van der Waals surface area contributed by atoms with Crippen molar-refractivity contribution >= 4 is 11.7 Å². The lowest BCUT2D eigenvalue weighted by Crippen LogP contribution is -2.39. The van der Waals surface area contributed by atoms with E-state index in [1.54, 1.807) is 24.3 Å². The summed E-state index contributed by atoms with van der Waals surface area (Å²) in [7, 11) is 0. The van der Waals surface area contributed by atoms with Crippen LogP contribution in [0.2, 0.25) is 0 Å². The molecule has 114 valence electrons. The second-order valence-electron chi connectivity index (χ2n) is 4.54. The van der Waals surface area contributed by atoms with Crippen LogP contribution < -0.4 is 10.5 Å². The Hall–Kier alpha value is -2.12. The van der Waals surface area contributed by atoms with Gasteiger partial charge in [-0.3, -0.25) is 0 Å². The van der Waals surface area contributed by atoms with Crippen molar-refractivity contribution in [1.82, 2.24) is 0 Å². The van der Waals surface area contributed by atoms with E-state index in [-0.39, 0.29) is 6.61 Å². The van der Waals surface area contributed by atoms with Crippen molar-refractivity contribution in [1.29, 1.82) is 0 Å². The lowest BCUT2D eigenvalue weighted by molar-refractivity contribution is -0.151. The first kappa shape index (κ1) is 15.3. The first-order valence-electron chi connectivity index (χ1n) is 6.64. The minimum atomic E-state index is -1.12. The Kier molecular flexibility index (Phi) is 5.53. The van der Waals surface area contributed by atoms with Crippen LogP contribution >= 0.6 is 0 Å². The molecule has 0 aromatic heterocycles. The van der Waals surface area contributed by atoms with E-state index < -0.39 is 18.2 Å². The van der Waals surface area contributed by atoms with Crippen molar-refractivity contribution in [2.24, 2.45) is 10.9 Å². The molecule has 0 radical (unpaired) electrons. The number of nitrogens with two attached hydrogens (primary N) is 1. The number of carboxylic acids is 1. The van der Waals surface area contributed by atoms with E-state index in [0.29, 0.717) is 31.0 Å². The molecule has 1 aliphatic heterocycles. The Bertz CT molecular complexity index is 491. The number of ether oxygens (including phenoxy) is 2. The molecule has 0 bridgehead atoms. The Morgan fingerprint density at radius 3 is 2.90 bits per heavy atom. The van der Waals surface area contributed by atoms with Crippen LogP contribution in [-0.2, 0) is 14.4 Å². The molecule has 2 rings (SSSR count). The molecule has 0 aliphatic carbocycles. The number of carboxylic acid groups (broad SMARTS) is 1. The van der Waals surface area contributed by atoms with Crippen LogP contribution in [0.25, 0.3) is 0 Å². The van der Waals surface area contributed by atoms with Crippen molar-refractivity contribution in [2.75, 3.05) is 19.8 Å². The molecule has 0 saturated heterocycles. The van der Waals surface area contributed by atoms with Crippen molar-refractivity contribution in [3.63, 3.8) is 0 Å². The van der Waals surface area contributed by atoms with E-state index in [2.05, 4.69) is 5.16 Å². The van der Waals surface area contributed by atoms with Crippen molar-refractivity contribution in [3.05, 3.63) is 30.3 Å². The molecule has 2 atom stereocenters. The summed E-state index contributed by atoms with van der Waals surface area (Å²) in [6, 6.07) is 8.75. The SMILES string of the molecule is NCCOCC1=NOC(C(Oc2ccccc2)C(=O)O)C1. The predicted octanol–water partition coefficient (Wildman–Crippen LogP) is 0.639. The maximum Gasteiger partial charge on any atom is 0.348 e. The number of oxime groups is 1. The number of para-hydroxylation sites is 1. The predicted molar refractivity (Wildman–Crippen MR) is 75.3 cm³/mol. The molecule has 0 amide bonds. The molecule has 7 heteroatoms. The summed E-state index contributed by atoms with van der Waals surface area (Å²) in [4.78, 5) is 16.5. The summed E-state index contributed by atoms with van der Waals surface area (Å²) in [5.41, 5.74) is 5.97. The van der Waals surface area contributed by atoms with E-state index in [4.69, 9.17) is 20.0 Å². The van der Waals surface area contributed by atoms with Gasteiger partial charge >= 0.3 is 5.97 Å². The van der Waals surface area contributed by atoms with Gasteiger partial charge in [0, 0.05) is 13.0 Å². The average Bonchev–Trinajstić information content (AvgIpc) is 2.94. The molecule has 1 aromatic carbocycles. The molecule has 0 saturated carbocycles. The van der Waals surface area contributed by atoms with Gasteiger partial charge in [0.15, 0.2) is 6.10 Å². The van der Waals surface area contributed by atoms with Crippen LogP contribution in [0.1, 0.15) is 6.42 Å². The number of benzene rings is 1. The molecular formula is C14H18N2O5. The third kappa shape index (κ3) is 4.44. The molecular weight excluding hydrogens is 276 g/mol. The molecule has 7 nitrogen and oxygen atoms in total. The highest BCUT2D eigenvalue weighted by atomic mass is 16.7. The van der Waals surface area contributed by atoms with Gasteiger partial charge in [-0.15, -0.1) is 0 Å². The highest BCUT2D eigenvalue weighted by Crippen LogP contribution is 2.20. The van der Waals surface area contributed by atoms with Gasteiger partial charge in [-0.25, -0.2) is 4.79 Å². The largest absolute Gasteiger partial charge is 0.478 e. The molecule has 0 fully saturated rings. The zero-order valence-corrected chi connectivity index (χ0v) is 11.5. The fourth-order valence-corrected chi connectivity index (χ4v) is 1.90. The smallest absolute Gasteiger partial charge is 0.348 e. The van der Waals surface area contributed by atoms with Gasteiger partial charge in [0.1, 0.15) is 5.75 Å². The van der Waals surface area contributed by atoms with Crippen LogP contribution in [0.3, 0.4) is 0 Å². The summed E-state index contributed by atoms with van der Waals surface area (Å²) in [6.45, 7) is 1.13. The summed E-state index contributed by atoms with van der Waals surface area (Å²) in [5, 5.41) is 13.1. The second-order valence-corrected chi connectivity index (χ2v) is 4.54. The third-order valence-electron chi connectivity index (χ3n) is 2.87. The Morgan fingerprint density at radius 1 is 1.48 bits per heavy atom. The number of hydrogen-bond donors (Lipinski definition) is 2. The quantitative estimate of drug-likeness (QED) is 0.682. The minimum Gasteiger partial charge on any atom is -0.478 e. The van der Waals surface area contributed by atoms with E-state index in [9.17, 15) is 9.90 Å². The average molecular weight is 294 g/mol. The fraction of sp³-hybridized carbons (Fsp3) is 0.429. The van der Waals surface area contributed by atoms with Gasteiger partial charge in [0.2, 0.25) is 6.10 Å². The normalized spacial score (nSPS) is 18.7. The molecule has 21 heavy (non-hydrogen) atoms. The van der Waals surface area contributed by atoms with E-state index >= 15 is 0 Å². The molecule has 2 unspecified atom stereocenters. The summed E-state index contributed by atoms with van der Waals surface area (Å²) >= 11 is 0. The van der Waals surface area contributed by atoms with E-state index in [1.807, 2.05) is 6.07 Å². The van der Waals surface area contributed by atoms with Gasteiger partial charge in [-0.05, 0) is 12.1 Å². The van der Waals surface area contributed by atoms with E-state index in [1.165, 1.54) is 0 Å². The molecule has 1 aromatic rings. The minimum absolute atomic E-state index is 0.283. The van der Waals surface area contributed by atoms with Gasteiger partial charge in [-0.1, -0.05) is 23.4 Å². The fourth-order valence-electron chi connectivity index (χ4n) is 1.90. The van der Waals surface area contributed by atoms with Crippen LogP contribution in [0.15, 0.2) is 35.5 Å². The Balaban J connectivity index is 1.90. The van der Waals surface area contributed by atoms with Crippen molar-refractivity contribution in [2.45, 2.75) is 18.6 Å². The first-order chi connectivity index (χ1) is 10.2. The van der Waals surface area contributed by atoms with Gasteiger partial charge in [0.25, 0.3) is 0 Å². The Labute approximate surface area is 122 Å². The van der Waals surface area contributed by atoms with Gasteiger partial charge in [-0.2, -0.15) is 0 Å². The van der Waals surface area contributed by atoms with Crippen LogP contribution in [0, 0.1) is 0 Å². The zero-order chi connectivity index (χ0) is 15.1. The number of hydrogen-bond acceptors (Lipinski definition) is 6. The topological polar surface area (TPSA) is 103 Å². The number of carbonyl (C=O) groups is 1. The van der Waals surface area contributed by atoms with Gasteiger partial charge < -0.3 is 25.2 Å². The maximum absolute atomic E-state index is 11.4. The van der Waals surface area contributed by atoms with Crippen LogP contribution in [0.5, 0.6) is 5.75 Å². The molecule has 1 heterocycles. The van der Waals surface area contributed by atoms with Crippen molar-refractivity contribution in [3.8, 4) is 5.75 Å². The lowest BCUT2D eigenvalue weighted by atomic mass is 10.1. The standard InChI is InChI=1S/C14H18N2O5/c15-6-7-19-9-10-8-12(21-16-10)13(14(17)18)20-11-4-2-1-3-5-11/h1-5,12-13H,6-9,15H2,(H,17,18). The summed E-state index contributed by atoms with van der Waals surface area (Å²) in [5.74, 6) is -0.621. The third-order valence-corrected chi connectivity index (χ3v) is 2.87. The first-order valence-corrected chi connectivity index (χ1v) is 6.64. The van der Waals surface area contributed by atoms with Crippen molar-refractivity contribution < 1.29 is 24.2 Å².